The number of carbonyl (C=O) groups is 1. The van der Waals surface area contributed by atoms with Crippen LogP contribution in [0.1, 0.15) is 24.5 Å². The smallest absolute Gasteiger partial charge is 0.220 e. The molecule has 0 unspecified atom stereocenters. The molecule has 0 saturated carbocycles. The number of nitrogens with one attached hydrogen (secondary N) is 1. The van der Waals surface area contributed by atoms with E-state index in [4.69, 9.17) is 0 Å². The van der Waals surface area contributed by atoms with Gasteiger partial charge < -0.3 is 5.32 Å². The topological polar surface area (TPSA) is 63.2 Å². The Hall–Kier alpha value is -1.36. The molecule has 106 valence electrons. The average Bonchev–Trinajstić information content (AvgIpc) is 2.35. The van der Waals surface area contributed by atoms with Crippen LogP contribution in [0.15, 0.2) is 24.3 Å². The standard InChI is InChI=1S/C14H21NO3S/c1-3-12-4-6-13(7-5-12)8-9-14(16)15-10-11-19(2,17)18/h4-7H,3,8-11H2,1-2H3,(H,15,16). The zero-order chi connectivity index (χ0) is 14.3. The van der Waals surface area contributed by atoms with Crippen LogP contribution in [0.4, 0.5) is 0 Å². The minimum atomic E-state index is -3.01. The van der Waals surface area contributed by atoms with E-state index in [9.17, 15) is 13.2 Å². The largest absolute Gasteiger partial charge is 0.355 e. The van der Waals surface area contributed by atoms with E-state index in [1.165, 1.54) is 5.56 Å². The first-order valence-corrected chi connectivity index (χ1v) is 8.49. The van der Waals surface area contributed by atoms with Gasteiger partial charge in [-0.3, -0.25) is 4.79 Å². The summed E-state index contributed by atoms with van der Waals surface area (Å²) >= 11 is 0. The first-order valence-electron chi connectivity index (χ1n) is 6.43. The van der Waals surface area contributed by atoms with Crippen molar-refractivity contribution in [1.29, 1.82) is 0 Å². The highest BCUT2D eigenvalue weighted by Gasteiger charge is 2.05. The molecule has 0 aromatic heterocycles. The van der Waals surface area contributed by atoms with E-state index >= 15 is 0 Å². The summed E-state index contributed by atoms with van der Waals surface area (Å²) in [6.07, 6.45) is 3.23. The van der Waals surface area contributed by atoms with E-state index < -0.39 is 9.84 Å². The molecule has 1 amide bonds. The Bertz CT molecular complexity index is 506. The lowest BCUT2D eigenvalue weighted by Crippen LogP contribution is -2.28. The van der Waals surface area contributed by atoms with Crippen LogP contribution in [0.2, 0.25) is 0 Å². The van der Waals surface area contributed by atoms with Gasteiger partial charge in [-0.2, -0.15) is 0 Å². The fourth-order valence-electron chi connectivity index (χ4n) is 1.66. The zero-order valence-electron chi connectivity index (χ0n) is 11.5. The van der Waals surface area contributed by atoms with E-state index in [0.29, 0.717) is 12.8 Å². The van der Waals surface area contributed by atoms with Crippen molar-refractivity contribution >= 4 is 15.7 Å². The number of benzene rings is 1. The van der Waals surface area contributed by atoms with Crippen molar-refractivity contribution in [3.63, 3.8) is 0 Å². The minimum Gasteiger partial charge on any atom is -0.355 e. The van der Waals surface area contributed by atoms with E-state index in [0.717, 1.165) is 18.2 Å². The maximum Gasteiger partial charge on any atom is 0.220 e. The van der Waals surface area contributed by atoms with Gasteiger partial charge >= 0.3 is 0 Å². The van der Waals surface area contributed by atoms with Gasteiger partial charge in [0.25, 0.3) is 0 Å². The van der Waals surface area contributed by atoms with Gasteiger partial charge in [0.2, 0.25) is 5.91 Å². The Kier molecular flexibility index (Phi) is 6.02. The van der Waals surface area contributed by atoms with Crippen molar-refractivity contribution < 1.29 is 13.2 Å². The number of hydrogen-bond donors (Lipinski definition) is 1. The fourth-order valence-corrected chi connectivity index (χ4v) is 2.14. The maximum atomic E-state index is 11.5. The highest BCUT2D eigenvalue weighted by Crippen LogP contribution is 2.07. The molecule has 0 aliphatic heterocycles. The Balaban J connectivity index is 2.29. The third-order valence-corrected chi connectivity index (χ3v) is 3.81. The molecule has 0 atom stereocenters. The van der Waals surface area contributed by atoms with Gasteiger partial charge in [0.1, 0.15) is 9.84 Å². The van der Waals surface area contributed by atoms with Crippen molar-refractivity contribution in [3.8, 4) is 0 Å². The van der Waals surface area contributed by atoms with Crippen LogP contribution < -0.4 is 5.32 Å². The average molecular weight is 283 g/mol. The van der Waals surface area contributed by atoms with Crippen LogP contribution in [0.5, 0.6) is 0 Å². The molecule has 5 heteroatoms. The lowest BCUT2D eigenvalue weighted by atomic mass is 10.1. The summed E-state index contributed by atoms with van der Waals surface area (Å²) in [5.41, 5.74) is 2.40. The second-order valence-corrected chi connectivity index (χ2v) is 6.91. The number of hydrogen-bond acceptors (Lipinski definition) is 3. The Morgan fingerprint density at radius 1 is 1.16 bits per heavy atom. The molecule has 0 saturated heterocycles. The van der Waals surface area contributed by atoms with Crippen molar-refractivity contribution in [2.45, 2.75) is 26.2 Å². The molecule has 0 heterocycles. The SMILES string of the molecule is CCc1ccc(CCC(=O)NCCS(C)(=O)=O)cc1. The van der Waals surface area contributed by atoms with Crippen LogP contribution in [-0.2, 0) is 27.5 Å². The molecule has 4 nitrogen and oxygen atoms in total. The lowest BCUT2D eigenvalue weighted by Gasteiger charge is -2.05. The summed E-state index contributed by atoms with van der Waals surface area (Å²) in [5, 5.41) is 2.61. The van der Waals surface area contributed by atoms with Crippen molar-refractivity contribution in [2.24, 2.45) is 0 Å². The normalized spacial score (nSPS) is 11.3. The molecule has 0 radical (unpaired) electrons. The van der Waals surface area contributed by atoms with Crippen LogP contribution in [0, 0.1) is 0 Å². The van der Waals surface area contributed by atoms with Gasteiger partial charge in [0.05, 0.1) is 5.75 Å². The Morgan fingerprint density at radius 2 is 1.74 bits per heavy atom. The Labute approximate surface area is 115 Å². The third kappa shape index (κ3) is 6.96. The third-order valence-electron chi connectivity index (χ3n) is 2.87. The summed E-state index contributed by atoms with van der Waals surface area (Å²) in [6.45, 7) is 2.29. The first kappa shape index (κ1) is 15.7. The van der Waals surface area contributed by atoms with Gasteiger partial charge in [-0.15, -0.1) is 0 Å². The predicted molar refractivity (Wildman–Crippen MR) is 76.9 cm³/mol. The minimum absolute atomic E-state index is 0.00998. The van der Waals surface area contributed by atoms with E-state index in [1.807, 2.05) is 12.1 Å². The van der Waals surface area contributed by atoms with Crippen LogP contribution in [0.25, 0.3) is 0 Å². The molecular formula is C14H21NO3S. The summed E-state index contributed by atoms with van der Waals surface area (Å²) < 4.78 is 21.8. The second-order valence-electron chi connectivity index (χ2n) is 4.65. The Morgan fingerprint density at radius 3 is 2.26 bits per heavy atom. The zero-order valence-corrected chi connectivity index (χ0v) is 12.3. The quantitative estimate of drug-likeness (QED) is 0.821. The van der Waals surface area contributed by atoms with Crippen molar-refractivity contribution in [2.75, 3.05) is 18.6 Å². The second kappa shape index (κ2) is 7.28. The molecule has 0 fully saturated rings. The molecule has 1 N–H and O–H groups in total. The van der Waals surface area contributed by atoms with Gasteiger partial charge in [-0.1, -0.05) is 31.2 Å². The van der Waals surface area contributed by atoms with Crippen LogP contribution in [0.3, 0.4) is 0 Å². The molecule has 0 aliphatic carbocycles. The molecule has 1 aromatic rings. The van der Waals surface area contributed by atoms with Crippen molar-refractivity contribution in [1.82, 2.24) is 5.32 Å². The number of amides is 1. The van der Waals surface area contributed by atoms with Gasteiger partial charge in [0.15, 0.2) is 0 Å². The predicted octanol–water partition coefficient (Wildman–Crippen LogP) is 1.34. The number of rotatable bonds is 7. The summed E-state index contributed by atoms with van der Waals surface area (Å²) in [5.74, 6) is -0.118. The van der Waals surface area contributed by atoms with Gasteiger partial charge in [-0.25, -0.2) is 8.42 Å². The monoisotopic (exact) mass is 283 g/mol. The highest BCUT2D eigenvalue weighted by molar-refractivity contribution is 7.90. The molecule has 0 bridgehead atoms. The van der Waals surface area contributed by atoms with Crippen LogP contribution in [-0.4, -0.2) is 32.9 Å². The molecule has 0 spiro atoms. The first-order chi connectivity index (χ1) is 8.90. The van der Waals surface area contributed by atoms with Gasteiger partial charge in [0, 0.05) is 19.2 Å². The maximum absolute atomic E-state index is 11.5. The summed E-state index contributed by atoms with van der Waals surface area (Å²) in [7, 11) is -3.01. The van der Waals surface area contributed by atoms with Gasteiger partial charge in [-0.05, 0) is 24.0 Å². The number of carbonyl (C=O) groups excluding carboxylic acids is 1. The van der Waals surface area contributed by atoms with E-state index in [-0.39, 0.29) is 18.2 Å². The highest BCUT2D eigenvalue weighted by atomic mass is 32.2. The lowest BCUT2D eigenvalue weighted by molar-refractivity contribution is -0.120. The van der Waals surface area contributed by atoms with Crippen molar-refractivity contribution in [3.05, 3.63) is 35.4 Å². The molecule has 0 aliphatic rings. The number of aryl methyl sites for hydroxylation is 2. The summed E-state index contributed by atoms with van der Waals surface area (Å²) in [4.78, 5) is 11.5. The molecule has 1 rings (SSSR count). The molecular weight excluding hydrogens is 262 g/mol. The molecule has 19 heavy (non-hydrogen) atoms. The van der Waals surface area contributed by atoms with E-state index in [2.05, 4.69) is 24.4 Å². The summed E-state index contributed by atoms with van der Waals surface area (Å²) in [6, 6.07) is 8.19. The molecule has 1 aromatic carbocycles. The van der Waals surface area contributed by atoms with E-state index in [1.54, 1.807) is 0 Å². The fraction of sp³-hybridized carbons (Fsp3) is 0.500. The van der Waals surface area contributed by atoms with Crippen LogP contribution >= 0.6 is 0 Å². The number of sulfone groups is 1.